The van der Waals surface area contributed by atoms with Crippen molar-refractivity contribution in [2.45, 2.75) is 13.8 Å². The Labute approximate surface area is 105 Å². The lowest BCUT2D eigenvalue weighted by molar-refractivity contribution is 0.439. The fourth-order valence-electron chi connectivity index (χ4n) is 1.46. The van der Waals surface area contributed by atoms with E-state index in [1.165, 1.54) is 0 Å². The molecule has 0 aliphatic carbocycles. The van der Waals surface area contributed by atoms with Crippen LogP contribution in [0.15, 0.2) is 24.3 Å². The lowest BCUT2D eigenvalue weighted by Gasteiger charge is -2.06. The molecule has 1 heterocycles. The molecule has 5 nitrogen and oxygen atoms in total. The zero-order valence-electron chi connectivity index (χ0n) is 10.1. The Balaban J connectivity index is 2.31. The predicted octanol–water partition coefficient (Wildman–Crippen LogP) is 2.34. The number of benzene rings is 1. The van der Waals surface area contributed by atoms with E-state index < -0.39 is 0 Å². The quantitative estimate of drug-likeness (QED) is 0.814. The van der Waals surface area contributed by atoms with Gasteiger partial charge in [-0.1, -0.05) is 0 Å². The minimum Gasteiger partial charge on any atom is -0.424 e. The second kappa shape index (κ2) is 4.72. The highest BCUT2D eigenvalue weighted by Crippen LogP contribution is 2.22. The van der Waals surface area contributed by atoms with Gasteiger partial charge in [0.15, 0.2) is 0 Å². The van der Waals surface area contributed by atoms with Crippen molar-refractivity contribution in [2.24, 2.45) is 0 Å². The molecule has 0 saturated heterocycles. The number of hydrogen-bond donors (Lipinski definition) is 1. The lowest BCUT2D eigenvalue weighted by atomic mass is 10.2. The van der Waals surface area contributed by atoms with Crippen molar-refractivity contribution in [3.05, 3.63) is 41.2 Å². The fraction of sp³-hybridized carbons (Fsp3) is 0.154. The summed E-state index contributed by atoms with van der Waals surface area (Å²) in [5, 5.41) is 8.82. The summed E-state index contributed by atoms with van der Waals surface area (Å²) in [6.07, 6.45) is 0. The van der Waals surface area contributed by atoms with Gasteiger partial charge in [-0.05, 0) is 43.7 Å². The molecule has 0 aliphatic heterocycles. The minimum absolute atomic E-state index is 0.163. The molecule has 0 fully saturated rings. The molecule has 5 heteroatoms. The Hall–Kier alpha value is -2.61. The second-order valence-electron chi connectivity index (χ2n) is 3.91. The van der Waals surface area contributed by atoms with Crippen LogP contribution in [0, 0.1) is 25.2 Å². The van der Waals surface area contributed by atoms with Gasteiger partial charge >= 0.3 is 6.01 Å². The third kappa shape index (κ3) is 2.55. The largest absolute Gasteiger partial charge is 0.424 e. The number of nitrogens with zero attached hydrogens (tertiary/aromatic N) is 3. The van der Waals surface area contributed by atoms with E-state index in [2.05, 4.69) is 9.97 Å². The zero-order chi connectivity index (χ0) is 13.1. The molecule has 0 atom stereocenters. The topological polar surface area (TPSA) is 84.8 Å². The molecule has 1 aromatic heterocycles. The van der Waals surface area contributed by atoms with Crippen LogP contribution >= 0.6 is 0 Å². The van der Waals surface area contributed by atoms with Crippen molar-refractivity contribution in [2.75, 3.05) is 5.73 Å². The molecule has 0 spiro atoms. The average Bonchev–Trinajstić information content (AvgIpc) is 2.33. The van der Waals surface area contributed by atoms with E-state index >= 15 is 0 Å². The van der Waals surface area contributed by atoms with Gasteiger partial charge in [0.25, 0.3) is 0 Å². The first-order chi connectivity index (χ1) is 8.58. The van der Waals surface area contributed by atoms with E-state index in [0.29, 0.717) is 17.1 Å². The molecule has 1 aromatic carbocycles. The van der Waals surface area contributed by atoms with Crippen molar-refractivity contribution >= 4 is 5.69 Å². The number of hydrogen-bond acceptors (Lipinski definition) is 5. The Morgan fingerprint density at radius 3 is 2.67 bits per heavy atom. The van der Waals surface area contributed by atoms with Gasteiger partial charge in [-0.3, -0.25) is 0 Å². The summed E-state index contributed by atoms with van der Waals surface area (Å²) >= 11 is 0. The SMILES string of the molecule is Cc1cc(C#N)nc(Oc2ccc(N)c(C)c2)n1. The molecule has 0 saturated carbocycles. The molecule has 90 valence electrons. The van der Waals surface area contributed by atoms with Crippen LogP contribution in [-0.2, 0) is 0 Å². The van der Waals surface area contributed by atoms with Crippen LogP contribution < -0.4 is 10.5 Å². The summed E-state index contributed by atoms with van der Waals surface area (Å²) in [5.74, 6) is 0.594. The van der Waals surface area contributed by atoms with E-state index in [1.807, 2.05) is 13.0 Å². The van der Waals surface area contributed by atoms with Gasteiger partial charge in [-0.2, -0.15) is 10.2 Å². The van der Waals surface area contributed by atoms with Crippen molar-refractivity contribution in [3.8, 4) is 17.8 Å². The summed E-state index contributed by atoms with van der Waals surface area (Å²) in [7, 11) is 0. The summed E-state index contributed by atoms with van der Waals surface area (Å²) in [4.78, 5) is 8.09. The number of nitriles is 1. The molecule has 0 amide bonds. The molecule has 0 aliphatic rings. The number of ether oxygens (including phenoxy) is 1. The Kier molecular flexibility index (Phi) is 3.11. The summed E-state index contributed by atoms with van der Waals surface area (Å²) in [5.41, 5.74) is 8.30. The van der Waals surface area contributed by atoms with Crippen molar-refractivity contribution in [1.82, 2.24) is 9.97 Å². The maximum Gasteiger partial charge on any atom is 0.323 e. The average molecular weight is 240 g/mol. The van der Waals surface area contributed by atoms with Gasteiger partial charge in [-0.15, -0.1) is 0 Å². The number of anilines is 1. The van der Waals surface area contributed by atoms with E-state index in [1.54, 1.807) is 31.2 Å². The highest BCUT2D eigenvalue weighted by Gasteiger charge is 2.05. The van der Waals surface area contributed by atoms with Crippen LogP contribution in [0.3, 0.4) is 0 Å². The van der Waals surface area contributed by atoms with Gasteiger partial charge in [0, 0.05) is 11.4 Å². The van der Waals surface area contributed by atoms with Crippen LogP contribution in [0.4, 0.5) is 5.69 Å². The number of nitrogens with two attached hydrogens (primary N) is 1. The smallest absolute Gasteiger partial charge is 0.323 e. The van der Waals surface area contributed by atoms with Crippen molar-refractivity contribution < 1.29 is 4.74 Å². The Morgan fingerprint density at radius 2 is 2.00 bits per heavy atom. The Morgan fingerprint density at radius 1 is 1.22 bits per heavy atom. The molecular formula is C13H12N4O. The fourth-order valence-corrected chi connectivity index (χ4v) is 1.46. The standard InChI is InChI=1S/C13H12N4O/c1-8-5-11(3-4-12(8)15)18-13-16-9(2)6-10(7-14)17-13/h3-6H,15H2,1-2H3. The van der Waals surface area contributed by atoms with Gasteiger partial charge in [0.05, 0.1) is 0 Å². The first kappa shape index (κ1) is 11.9. The first-order valence-corrected chi connectivity index (χ1v) is 5.38. The number of rotatable bonds is 2. The molecule has 2 rings (SSSR count). The van der Waals surface area contributed by atoms with Crippen molar-refractivity contribution in [1.29, 1.82) is 5.26 Å². The monoisotopic (exact) mass is 240 g/mol. The van der Waals surface area contributed by atoms with Crippen LogP contribution in [0.5, 0.6) is 11.8 Å². The summed E-state index contributed by atoms with van der Waals surface area (Å²) < 4.78 is 5.51. The third-order valence-corrected chi connectivity index (χ3v) is 2.40. The van der Waals surface area contributed by atoms with Crippen LogP contribution in [0.25, 0.3) is 0 Å². The van der Waals surface area contributed by atoms with E-state index in [-0.39, 0.29) is 11.7 Å². The van der Waals surface area contributed by atoms with E-state index in [4.69, 9.17) is 15.7 Å². The maximum absolute atomic E-state index is 8.82. The van der Waals surface area contributed by atoms with E-state index in [0.717, 1.165) is 5.56 Å². The molecule has 0 unspecified atom stereocenters. The lowest BCUT2D eigenvalue weighted by Crippen LogP contribution is -1.97. The molecule has 2 aromatic rings. The predicted molar refractivity (Wildman–Crippen MR) is 67.1 cm³/mol. The second-order valence-corrected chi connectivity index (χ2v) is 3.91. The van der Waals surface area contributed by atoms with E-state index in [9.17, 15) is 0 Å². The minimum atomic E-state index is 0.163. The zero-order valence-corrected chi connectivity index (χ0v) is 10.1. The summed E-state index contributed by atoms with van der Waals surface area (Å²) in [6, 6.07) is 9.01. The van der Waals surface area contributed by atoms with Gasteiger partial charge < -0.3 is 10.5 Å². The van der Waals surface area contributed by atoms with Crippen LogP contribution in [0.2, 0.25) is 0 Å². The molecule has 2 N–H and O–H groups in total. The highest BCUT2D eigenvalue weighted by molar-refractivity contribution is 5.49. The van der Waals surface area contributed by atoms with Gasteiger partial charge in [-0.25, -0.2) is 4.98 Å². The highest BCUT2D eigenvalue weighted by atomic mass is 16.5. The molecule has 0 radical (unpaired) electrons. The van der Waals surface area contributed by atoms with Crippen LogP contribution in [-0.4, -0.2) is 9.97 Å². The molecule has 0 bridgehead atoms. The van der Waals surface area contributed by atoms with Gasteiger partial charge in [0.1, 0.15) is 17.5 Å². The number of aromatic nitrogens is 2. The van der Waals surface area contributed by atoms with Gasteiger partial charge in [0.2, 0.25) is 0 Å². The van der Waals surface area contributed by atoms with Crippen molar-refractivity contribution in [3.63, 3.8) is 0 Å². The first-order valence-electron chi connectivity index (χ1n) is 5.38. The normalized spacial score (nSPS) is 9.83. The maximum atomic E-state index is 8.82. The summed E-state index contributed by atoms with van der Waals surface area (Å²) in [6.45, 7) is 3.67. The Bertz CT molecular complexity index is 631. The van der Waals surface area contributed by atoms with Crippen LogP contribution in [0.1, 0.15) is 17.0 Å². The molecular weight excluding hydrogens is 228 g/mol. The third-order valence-electron chi connectivity index (χ3n) is 2.40. The number of nitrogen functional groups attached to an aromatic ring is 1. The molecule has 18 heavy (non-hydrogen) atoms. The number of aryl methyl sites for hydroxylation is 2.